The van der Waals surface area contributed by atoms with Gasteiger partial charge in [-0.2, -0.15) is 0 Å². The molecule has 4 heteroatoms. The monoisotopic (exact) mass is 297 g/mol. The first-order valence-electron chi connectivity index (χ1n) is 6.79. The molecule has 1 unspecified atom stereocenters. The third-order valence-corrected chi connectivity index (χ3v) is 4.54. The van der Waals surface area contributed by atoms with Crippen molar-refractivity contribution in [2.24, 2.45) is 11.7 Å². The maximum absolute atomic E-state index is 6.35. The molecule has 1 fully saturated rings. The minimum absolute atomic E-state index is 0.0393. The summed E-state index contributed by atoms with van der Waals surface area (Å²) in [6, 6.07) is 5.50. The molecule has 3 rings (SSSR count). The summed E-state index contributed by atoms with van der Waals surface area (Å²) in [6.45, 7) is 0. The molecule has 2 aromatic rings. The normalized spacial score (nSPS) is 18.9. The summed E-state index contributed by atoms with van der Waals surface area (Å²) in [5, 5.41) is 2.10. The van der Waals surface area contributed by atoms with E-state index in [9.17, 15) is 0 Å². The molecule has 2 nitrogen and oxygen atoms in total. The third-order valence-electron chi connectivity index (χ3n) is 4.04. The molecule has 0 aliphatic heterocycles. The van der Waals surface area contributed by atoms with Gasteiger partial charge in [-0.3, -0.25) is 0 Å². The Morgan fingerprint density at radius 3 is 2.58 bits per heavy atom. The van der Waals surface area contributed by atoms with Crippen LogP contribution in [0.1, 0.15) is 43.9 Å². The van der Waals surface area contributed by atoms with Crippen LogP contribution in [0.2, 0.25) is 10.0 Å². The number of hydrogen-bond acceptors (Lipinski definition) is 2. The van der Waals surface area contributed by atoms with Gasteiger partial charge in [0.05, 0.1) is 11.1 Å². The molecule has 102 valence electrons. The van der Waals surface area contributed by atoms with Crippen molar-refractivity contribution in [3.8, 4) is 0 Å². The molecule has 0 bridgehead atoms. The van der Waals surface area contributed by atoms with Crippen molar-refractivity contribution in [2.75, 3.05) is 0 Å². The zero-order chi connectivity index (χ0) is 13.4. The van der Waals surface area contributed by atoms with E-state index in [-0.39, 0.29) is 6.04 Å². The Balaban J connectivity index is 1.94. The van der Waals surface area contributed by atoms with Crippen molar-refractivity contribution < 1.29 is 4.42 Å². The van der Waals surface area contributed by atoms with Gasteiger partial charge in [0.15, 0.2) is 5.58 Å². The number of benzene rings is 1. The highest BCUT2D eigenvalue weighted by atomic mass is 35.5. The van der Waals surface area contributed by atoms with Gasteiger partial charge >= 0.3 is 0 Å². The molecule has 1 aromatic carbocycles. The largest absolute Gasteiger partial charge is 0.458 e. The molecule has 19 heavy (non-hydrogen) atoms. The highest BCUT2D eigenvalue weighted by Gasteiger charge is 2.25. The van der Waals surface area contributed by atoms with Crippen LogP contribution in [0.4, 0.5) is 0 Å². The molecule has 0 radical (unpaired) electrons. The van der Waals surface area contributed by atoms with Gasteiger partial charge in [0.25, 0.3) is 0 Å². The van der Waals surface area contributed by atoms with Crippen LogP contribution in [0.25, 0.3) is 11.0 Å². The maximum atomic E-state index is 6.35. The maximum Gasteiger partial charge on any atom is 0.153 e. The lowest BCUT2D eigenvalue weighted by Crippen LogP contribution is -2.22. The SMILES string of the molecule is NC(c1cc2cc(Cl)cc(Cl)c2o1)C1CCCCC1. The van der Waals surface area contributed by atoms with Gasteiger partial charge in [0, 0.05) is 10.4 Å². The topological polar surface area (TPSA) is 39.2 Å². The van der Waals surface area contributed by atoms with Crippen LogP contribution in [0.3, 0.4) is 0 Å². The minimum Gasteiger partial charge on any atom is -0.458 e. The second-order valence-corrected chi connectivity index (χ2v) is 6.22. The number of nitrogens with two attached hydrogens (primary N) is 1. The third kappa shape index (κ3) is 2.62. The standard InChI is InChI=1S/C15H17Cl2NO/c16-11-6-10-7-13(19-15(10)12(17)8-11)14(18)9-4-2-1-3-5-9/h6-9,14H,1-5,18H2. The predicted octanol–water partition coefficient (Wildman–Crippen LogP) is 5.32. The highest BCUT2D eigenvalue weighted by molar-refractivity contribution is 6.38. The quantitative estimate of drug-likeness (QED) is 0.815. The second-order valence-electron chi connectivity index (χ2n) is 5.38. The molecule has 0 amide bonds. The van der Waals surface area contributed by atoms with Gasteiger partial charge in [-0.05, 0) is 37.0 Å². The number of rotatable bonds is 2. The lowest BCUT2D eigenvalue weighted by molar-refractivity contribution is 0.284. The second kappa shape index (κ2) is 5.35. The van der Waals surface area contributed by atoms with Crippen molar-refractivity contribution in [1.82, 2.24) is 0 Å². The molecule has 1 aromatic heterocycles. The first-order chi connectivity index (χ1) is 9.15. The van der Waals surface area contributed by atoms with Crippen molar-refractivity contribution in [3.63, 3.8) is 0 Å². The van der Waals surface area contributed by atoms with Crippen LogP contribution < -0.4 is 5.73 Å². The Kier molecular flexibility index (Phi) is 3.75. The van der Waals surface area contributed by atoms with Gasteiger partial charge in [-0.15, -0.1) is 0 Å². The first kappa shape index (κ1) is 13.3. The molecule has 2 N–H and O–H groups in total. The molecular weight excluding hydrogens is 281 g/mol. The van der Waals surface area contributed by atoms with Crippen LogP contribution in [-0.4, -0.2) is 0 Å². The van der Waals surface area contributed by atoms with E-state index in [1.165, 1.54) is 32.1 Å². The van der Waals surface area contributed by atoms with Crippen molar-refractivity contribution >= 4 is 34.2 Å². The van der Waals surface area contributed by atoms with Gasteiger partial charge in [-0.25, -0.2) is 0 Å². The van der Waals surface area contributed by atoms with Gasteiger partial charge in [-0.1, -0.05) is 42.5 Å². The zero-order valence-corrected chi connectivity index (χ0v) is 12.2. The summed E-state index contributed by atoms with van der Waals surface area (Å²) in [6.07, 6.45) is 6.24. The fourth-order valence-corrected chi connectivity index (χ4v) is 3.53. The fraction of sp³-hybridized carbons (Fsp3) is 0.467. The van der Waals surface area contributed by atoms with Crippen LogP contribution in [0.5, 0.6) is 0 Å². The van der Waals surface area contributed by atoms with Gasteiger partial charge in [0.2, 0.25) is 0 Å². The molecule has 1 aliphatic carbocycles. The van der Waals surface area contributed by atoms with Gasteiger partial charge < -0.3 is 10.2 Å². The summed E-state index contributed by atoms with van der Waals surface area (Å²) >= 11 is 12.2. The van der Waals surface area contributed by atoms with E-state index in [2.05, 4.69) is 0 Å². The summed E-state index contributed by atoms with van der Waals surface area (Å²) in [7, 11) is 0. The Morgan fingerprint density at radius 1 is 1.11 bits per heavy atom. The Labute approximate surface area is 122 Å². The lowest BCUT2D eigenvalue weighted by Gasteiger charge is -2.25. The number of hydrogen-bond donors (Lipinski definition) is 1. The summed E-state index contributed by atoms with van der Waals surface area (Å²) in [4.78, 5) is 0. The minimum atomic E-state index is -0.0393. The smallest absolute Gasteiger partial charge is 0.153 e. The van der Waals surface area contributed by atoms with E-state index in [4.69, 9.17) is 33.4 Å². The Hall–Kier alpha value is -0.700. The van der Waals surface area contributed by atoms with Crippen LogP contribution in [-0.2, 0) is 0 Å². The molecular formula is C15H17Cl2NO. The Bertz CT molecular complexity index is 587. The average molecular weight is 298 g/mol. The van der Waals surface area contributed by atoms with E-state index < -0.39 is 0 Å². The molecule has 1 atom stereocenters. The Morgan fingerprint density at radius 2 is 1.84 bits per heavy atom. The van der Waals surface area contributed by atoms with Crippen LogP contribution in [0.15, 0.2) is 22.6 Å². The zero-order valence-electron chi connectivity index (χ0n) is 10.7. The lowest BCUT2D eigenvalue weighted by atomic mass is 9.83. The van der Waals surface area contributed by atoms with Crippen molar-refractivity contribution in [3.05, 3.63) is 34.0 Å². The summed E-state index contributed by atoms with van der Waals surface area (Å²) < 4.78 is 5.85. The number of halogens is 2. The van der Waals surface area contributed by atoms with E-state index in [0.29, 0.717) is 21.5 Å². The van der Waals surface area contributed by atoms with E-state index in [1.54, 1.807) is 6.07 Å². The number of fused-ring (bicyclic) bond motifs is 1. The van der Waals surface area contributed by atoms with Crippen LogP contribution in [0, 0.1) is 5.92 Å². The highest BCUT2D eigenvalue weighted by Crippen LogP contribution is 2.37. The van der Waals surface area contributed by atoms with Crippen molar-refractivity contribution in [1.29, 1.82) is 0 Å². The first-order valence-corrected chi connectivity index (χ1v) is 7.55. The fourth-order valence-electron chi connectivity index (χ4n) is 2.99. The molecule has 1 heterocycles. The van der Waals surface area contributed by atoms with Gasteiger partial charge in [0.1, 0.15) is 5.76 Å². The predicted molar refractivity (Wildman–Crippen MR) is 79.7 cm³/mol. The molecule has 0 saturated heterocycles. The van der Waals surface area contributed by atoms with E-state index >= 15 is 0 Å². The molecule has 1 aliphatic rings. The molecule has 0 spiro atoms. The van der Waals surface area contributed by atoms with E-state index in [0.717, 1.165) is 11.1 Å². The summed E-state index contributed by atoms with van der Waals surface area (Å²) in [5.74, 6) is 1.34. The summed E-state index contributed by atoms with van der Waals surface area (Å²) in [5.41, 5.74) is 7.04. The van der Waals surface area contributed by atoms with E-state index in [1.807, 2.05) is 12.1 Å². The van der Waals surface area contributed by atoms with Crippen molar-refractivity contribution in [2.45, 2.75) is 38.1 Å². The number of furan rings is 1. The molecule has 1 saturated carbocycles. The van der Waals surface area contributed by atoms with Crippen LogP contribution >= 0.6 is 23.2 Å². The average Bonchev–Trinajstić information content (AvgIpc) is 2.83.